The van der Waals surface area contributed by atoms with Crippen molar-refractivity contribution in [3.05, 3.63) is 29.8 Å². The summed E-state index contributed by atoms with van der Waals surface area (Å²) in [4.78, 5) is 3.66. The maximum atomic E-state index is 2.29. The Hall–Kier alpha value is -0.470. The highest BCUT2D eigenvalue weighted by Gasteiger charge is 1.98. The van der Waals surface area contributed by atoms with E-state index in [1.165, 1.54) is 42.0 Å². The first-order chi connectivity index (χ1) is 8.58. The molecule has 0 aliphatic heterocycles. The second kappa shape index (κ2) is 8.60. The number of aryl methyl sites for hydroxylation is 1. The van der Waals surface area contributed by atoms with E-state index in [4.69, 9.17) is 0 Å². The van der Waals surface area contributed by atoms with E-state index >= 15 is 0 Å². The summed E-state index contributed by atoms with van der Waals surface area (Å²) in [7, 11) is 4.27. The highest BCUT2D eigenvalue weighted by molar-refractivity contribution is 7.99. The Morgan fingerprint density at radius 1 is 1.11 bits per heavy atom. The molecule has 0 N–H and O–H groups in total. The fraction of sp³-hybridized carbons (Fsp3) is 0.625. The van der Waals surface area contributed by atoms with Gasteiger partial charge in [-0.25, -0.2) is 0 Å². The molecule has 1 aromatic rings. The van der Waals surface area contributed by atoms with Gasteiger partial charge in [0.05, 0.1) is 0 Å². The van der Waals surface area contributed by atoms with Crippen molar-refractivity contribution in [1.82, 2.24) is 4.90 Å². The molecule has 0 saturated carbocycles. The van der Waals surface area contributed by atoms with Crippen LogP contribution in [0.1, 0.15) is 32.3 Å². The van der Waals surface area contributed by atoms with E-state index in [-0.39, 0.29) is 0 Å². The summed E-state index contributed by atoms with van der Waals surface area (Å²) in [6.07, 6.45) is 3.73. The third-order valence-corrected chi connectivity index (χ3v) is 4.00. The molecule has 0 aromatic heterocycles. The molecule has 0 aliphatic carbocycles. The van der Waals surface area contributed by atoms with Crippen LogP contribution < -0.4 is 0 Å². The second-order valence-electron chi connectivity index (χ2n) is 5.58. The summed E-state index contributed by atoms with van der Waals surface area (Å²) in [5, 5.41) is 0. The zero-order chi connectivity index (χ0) is 13.4. The van der Waals surface area contributed by atoms with Crippen molar-refractivity contribution in [2.45, 2.75) is 38.0 Å². The molecule has 18 heavy (non-hydrogen) atoms. The molecule has 1 aromatic carbocycles. The van der Waals surface area contributed by atoms with Crippen molar-refractivity contribution in [1.29, 1.82) is 0 Å². The van der Waals surface area contributed by atoms with E-state index in [1.807, 2.05) is 11.8 Å². The molecule has 0 spiro atoms. The lowest BCUT2D eigenvalue weighted by molar-refractivity contribution is 0.400. The molecule has 0 saturated heterocycles. The maximum absolute atomic E-state index is 2.29. The van der Waals surface area contributed by atoms with Crippen molar-refractivity contribution in [2.75, 3.05) is 26.4 Å². The fourth-order valence-corrected chi connectivity index (χ4v) is 2.92. The molecule has 0 bridgehead atoms. The normalized spacial score (nSPS) is 11.4. The van der Waals surface area contributed by atoms with E-state index in [9.17, 15) is 0 Å². The third-order valence-electron chi connectivity index (χ3n) is 2.96. The molecule has 0 radical (unpaired) electrons. The van der Waals surface area contributed by atoms with Gasteiger partial charge in [-0.15, -0.1) is 11.8 Å². The van der Waals surface area contributed by atoms with Gasteiger partial charge in [0.2, 0.25) is 0 Å². The van der Waals surface area contributed by atoms with E-state index < -0.39 is 0 Å². The van der Waals surface area contributed by atoms with Crippen LogP contribution in [-0.4, -0.2) is 31.3 Å². The Morgan fingerprint density at radius 3 is 2.33 bits per heavy atom. The average Bonchev–Trinajstić information content (AvgIpc) is 2.30. The smallest absolute Gasteiger partial charge is 0.00721 e. The first-order valence-electron chi connectivity index (χ1n) is 6.94. The summed E-state index contributed by atoms with van der Waals surface area (Å²) in [5.41, 5.74) is 1.46. The lowest BCUT2D eigenvalue weighted by Gasteiger charge is -2.09. The summed E-state index contributed by atoms with van der Waals surface area (Å²) >= 11 is 1.98. The van der Waals surface area contributed by atoms with Crippen LogP contribution in [0.25, 0.3) is 0 Å². The lowest BCUT2D eigenvalue weighted by atomic mass is 10.1. The molecule has 0 fully saturated rings. The number of thioether (sulfide) groups is 1. The summed E-state index contributed by atoms with van der Waals surface area (Å²) in [5.74, 6) is 2.04. The van der Waals surface area contributed by atoms with Gasteiger partial charge in [-0.3, -0.25) is 0 Å². The summed E-state index contributed by atoms with van der Waals surface area (Å²) in [6.45, 7) is 5.74. The molecule has 0 atom stereocenters. The van der Waals surface area contributed by atoms with Crippen LogP contribution in [0.2, 0.25) is 0 Å². The highest BCUT2D eigenvalue weighted by Crippen LogP contribution is 2.21. The number of benzene rings is 1. The zero-order valence-corrected chi connectivity index (χ0v) is 13.1. The SMILES string of the molecule is CC(C)CCSc1ccc(CCCN(C)C)cc1. The van der Waals surface area contributed by atoms with Crippen LogP contribution in [0.4, 0.5) is 0 Å². The highest BCUT2D eigenvalue weighted by atomic mass is 32.2. The molecule has 0 aliphatic rings. The zero-order valence-electron chi connectivity index (χ0n) is 12.3. The summed E-state index contributed by atoms with van der Waals surface area (Å²) in [6, 6.07) is 9.12. The van der Waals surface area contributed by atoms with E-state index in [1.54, 1.807) is 0 Å². The number of hydrogen-bond acceptors (Lipinski definition) is 2. The topological polar surface area (TPSA) is 3.24 Å². The van der Waals surface area contributed by atoms with Gasteiger partial charge < -0.3 is 4.90 Å². The largest absolute Gasteiger partial charge is 0.309 e. The van der Waals surface area contributed by atoms with Gasteiger partial charge in [-0.1, -0.05) is 26.0 Å². The summed E-state index contributed by atoms with van der Waals surface area (Å²) < 4.78 is 0. The predicted octanol–water partition coefficient (Wildman–Crippen LogP) is 4.32. The molecule has 0 unspecified atom stereocenters. The number of nitrogens with zero attached hydrogens (tertiary/aromatic N) is 1. The van der Waals surface area contributed by atoms with Gasteiger partial charge in [0.1, 0.15) is 0 Å². The van der Waals surface area contributed by atoms with Crippen LogP contribution in [0, 0.1) is 5.92 Å². The molecule has 1 rings (SSSR count). The second-order valence-corrected chi connectivity index (χ2v) is 6.75. The predicted molar refractivity (Wildman–Crippen MR) is 83.5 cm³/mol. The minimum Gasteiger partial charge on any atom is -0.309 e. The van der Waals surface area contributed by atoms with Gasteiger partial charge in [0.15, 0.2) is 0 Å². The van der Waals surface area contributed by atoms with E-state index in [2.05, 4.69) is 57.1 Å². The van der Waals surface area contributed by atoms with Crippen LogP contribution in [-0.2, 0) is 6.42 Å². The monoisotopic (exact) mass is 265 g/mol. The molecular weight excluding hydrogens is 238 g/mol. The van der Waals surface area contributed by atoms with E-state index in [0.29, 0.717) is 0 Å². The van der Waals surface area contributed by atoms with Gasteiger partial charge in [0.25, 0.3) is 0 Å². The van der Waals surface area contributed by atoms with Crippen molar-refractivity contribution < 1.29 is 0 Å². The average molecular weight is 265 g/mol. The van der Waals surface area contributed by atoms with Gasteiger partial charge in [0, 0.05) is 4.90 Å². The van der Waals surface area contributed by atoms with Crippen LogP contribution in [0.3, 0.4) is 0 Å². The minimum atomic E-state index is 0.808. The Bertz CT molecular complexity index is 283. The van der Waals surface area contributed by atoms with E-state index in [0.717, 1.165) is 5.92 Å². The third kappa shape index (κ3) is 7.07. The first-order valence-corrected chi connectivity index (χ1v) is 7.93. The Balaban J connectivity index is 2.28. The van der Waals surface area contributed by atoms with Crippen molar-refractivity contribution in [3.63, 3.8) is 0 Å². The molecule has 1 nitrogen and oxygen atoms in total. The quantitative estimate of drug-likeness (QED) is 0.644. The van der Waals surface area contributed by atoms with Crippen molar-refractivity contribution >= 4 is 11.8 Å². The van der Waals surface area contributed by atoms with Gasteiger partial charge in [-0.2, -0.15) is 0 Å². The fourth-order valence-electron chi connectivity index (χ4n) is 1.76. The molecule has 2 heteroatoms. The lowest BCUT2D eigenvalue weighted by Crippen LogP contribution is -2.13. The Kier molecular flexibility index (Phi) is 7.45. The van der Waals surface area contributed by atoms with Gasteiger partial charge >= 0.3 is 0 Å². The standard InChI is InChI=1S/C16H27NS/c1-14(2)11-13-18-16-9-7-15(8-10-16)6-5-12-17(3)4/h7-10,14H,5-6,11-13H2,1-4H3. The molecule has 0 heterocycles. The number of rotatable bonds is 8. The van der Waals surface area contributed by atoms with Crippen LogP contribution in [0.5, 0.6) is 0 Å². The Labute approximate surface area is 117 Å². The number of hydrogen-bond donors (Lipinski definition) is 0. The Morgan fingerprint density at radius 2 is 1.78 bits per heavy atom. The molecule has 0 amide bonds. The van der Waals surface area contributed by atoms with Crippen LogP contribution in [0.15, 0.2) is 29.2 Å². The first kappa shape index (κ1) is 15.6. The molecular formula is C16H27NS. The van der Waals surface area contributed by atoms with Crippen LogP contribution >= 0.6 is 11.8 Å². The van der Waals surface area contributed by atoms with Gasteiger partial charge in [-0.05, 0) is 69.3 Å². The molecule has 102 valence electrons. The minimum absolute atomic E-state index is 0.808. The van der Waals surface area contributed by atoms with Crippen molar-refractivity contribution in [2.24, 2.45) is 5.92 Å². The van der Waals surface area contributed by atoms with Crippen molar-refractivity contribution in [3.8, 4) is 0 Å². The maximum Gasteiger partial charge on any atom is 0.00721 e.